The van der Waals surface area contributed by atoms with Gasteiger partial charge in [0.05, 0.1) is 5.56 Å². The summed E-state index contributed by atoms with van der Waals surface area (Å²) in [6.45, 7) is 1.75. The zero-order valence-corrected chi connectivity index (χ0v) is 11.3. The van der Waals surface area contributed by atoms with Crippen LogP contribution in [0.25, 0.3) is 0 Å². The van der Waals surface area contributed by atoms with Gasteiger partial charge in [0.15, 0.2) is 6.61 Å². The molecule has 1 aromatic heterocycles. The first-order valence-electron chi connectivity index (χ1n) is 6.19. The first-order valence-corrected chi connectivity index (χ1v) is 6.19. The van der Waals surface area contributed by atoms with Gasteiger partial charge in [-0.2, -0.15) is 0 Å². The first kappa shape index (κ1) is 14.6. The van der Waals surface area contributed by atoms with Gasteiger partial charge in [-0.3, -0.25) is 4.79 Å². The molecule has 0 fully saturated rings. The number of aryl methyl sites for hydroxylation is 1. The molecule has 0 atom stereocenters. The van der Waals surface area contributed by atoms with Crippen molar-refractivity contribution in [3.05, 3.63) is 47.2 Å². The summed E-state index contributed by atoms with van der Waals surface area (Å²) < 4.78 is 9.93. The Bertz CT molecular complexity index is 650. The van der Waals surface area contributed by atoms with Crippen LogP contribution in [0.15, 0.2) is 34.9 Å². The lowest BCUT2D eigenvalue weighted by Gasteiger charge is -2.06. The van der Waals surface area contributed by atoms with Crippen molar-refractivity contribution in [3.8, 4) is 5.88 Å². The summed E-state index contributed by atoms with van der Waals surface area (Å²) in [6.07, 6.45) is 0. The Balaban J connectivity index is 1.81. The molecule has 2 aromatic rings. The highest BCUT2D eigenvalue weighted by atomic mass is 16.5. The number of rotatable bonds is 6. The van der Waals surface area contributed by atoms with Gasteiger partial charge in [-0.25, -0.2) is 4.79 Å². The van der Waals surface area contributed by atoms with Gasteiger partial charge in [0, 0.05) is 12.6 Å². The third-order valence-corrected chi connectivity index (χ3v) is 2.62. The normalized spacial score (nSPS) is 10.1. The maximum absolute atomic E-state index is 11.6. The summed E-state index contributed by atoms with van der Waals surface area (Å²) in [4.78, 5) is 22.4. The van der Waals surface area contributed by atoms with E-state index in [2.05, 4.69) is 10.5 Å². The van der Waals surface area contributed by atoms with E-state index in [-0.39, 0.29) is 30.5 Å². The van der Waals surface area contributed by atoms with Crippen molar-refractivity contribution in [1.29, 1.82) is 0 Å². The standard InChI is InChI=1S/C14H14N2O5/c1-9-5-13(16-21-9)20-8-12(17)15-7-10-3-2-4-11(6-10)14(18)19/h2-6H,7-8H2,1H3,(H,15,17)(H,18,19). The van der Waals surface area contributed by atoms with Crippen LogP contribution in [0.2, 0.25) is 0 Å². The first-order chi connectivity index (χ1) is 10.0. The molecular formula is C14H14N2O5. The molecule has 0 aliphatic rings. The molecule has 2 rings (SSSR count). The van der Waals surface area contributed by atoms with E-state index in [0.717, 1.165) is 0 Å². The average Bonchev–Trinajstić information content (AvgIpc) is 2.89. The Hall–Kier alpha value is -2.83. The maximum Gasteiger partial charge on any atom is 0.335 e. The number of ether oxygens (including phenoxy) is 1. The van der Waals surface area contributed by atoms with Crippen molar-refractivity contribution >= 4 is 11.9 Å². The second kappa shape index (κ2) is 6.56. The van der Waals surface area contributed by atoms with E-state index in [1.165, 1.54) is 12.1 Å². The van der Waals surface area contributed by atoms with Crippen molar-refractivity contribution < 1.29 is 24.0 Å². The van der Waals surface area contributed by atoms with Gasteiger partial charge in [-0.15, -0.1) is 0 Å². The fourth-order valence-electron chi connectivity index (χ4n) is 1.62. The maximum atomic E-state index is 11.6. The fraction of sp³-hybridized carbons (Fsp3) is 0.214. The number of benzene rings is 1. The van der Waals surface area contributed by atoms with Crippen LogP contribution >= 0.6 is 0 Å². The molecule has 0 spiro atoms. The third-order valence-electron chi connectivity index (χ3n) is 2.62. The lowest BCUT2D eigenvalue weighted by molar-refractivity contribution is -0.123. The number of carboxylic acid groups (broad SMARTS) is 1. The summed E-state index contributed by atoms with van der Waals surface area (Å²) in [5, 5.41) is 15.1. The van der Waals surface area contributed by atoms with E-state index in [9.17, 15) is 9.59 Å². The van der Waals surface area contributed by atoms with Crippen molar-refractivity contribution in [2.75, 3.05) is 6.61 Å². The monoisotopic (exact) mass is 290 g/mol. The van der Waals surface area contributed by atoms with Crippen LogP contribution in [0.5, 0.6) is 5.88 Å². The fourth-order valence-corrected chi connectivity index (χ4v) is 1.62. The highest BCUT2D eigenvalue weighted by molar-refractivity contribution is 5.87. The predicted octanol–water partition coefficient (Wildman–Crippen LogP) is 1.38. The Morgan fingerprint density at radius 2 is 2.19 bits per heavy atom. The molecule has 21 heavy (non-hydrogen) atoms. The number of carbonyl (C=O) groups excluding carboxylic acids is 1. The Morgan fingerprint density at radius 3 is 2.86 bits per heavy atom. The molecule has 1 heterocycles. The Kier molecular flexibility index (Phi) is 4.55. The van der Waals surface area contributed by atoms with E-state index in [1.807, 2.05) is 0 Å². The van der Waals surface area contributed by atoms with Gasteiger partial charge in [0.2, 0.25) is 0 Å². The van der Waals surface area contributed by atoms with E-state index in [0.29, 0.717) is 11.3 Å². The van der Waals surface area contributed by atoms with Gasteiger partial charge in [-0.1, -0.05) is 12.1 Å². The van der Waals surface area contributed by atoms with Gasteiger partial charge >= 0.3 is 5.97 Å². The SMILES string of the molecule is Cc1cc(OCC(=O)NCc2cccc(C(=O)O)c2)no1. The van der Waals surface area contributed by atoms with E-state index in [4.69, 9.17) is 14.4 Å². The average molecular weight is 290 g/mol. The summed E-state index contributed by atoms with van der Waals surface area (Å²) in [6, 6.07) is 7.92. The lowest BCUT2D eigenvalue weighted by atomic mass is 10.1. The van der Waals surface area contributed by atoms with Gasteiger partial charge in [0.1, 0.15) is 5.76 Å². The summed E-state index contributed by atoms with van der Waals surface area (Å²) >= 11 is 0. The minimum atomic E-state index is -1.01. The van der Waals surface area contributed by atoms with Crippen LogP contribution < -0.4 is 10.1 Å². The molecule has 0 aliphatic carbocycles. The minimum Gasteiger partial charge on any atom is -0.478 e. The number of nitrogens with zero attached hydrogens (tertiary/aromatic N) is 1. The highest BCUT2D eigenvalue weighted by Crippen LogP contribution is 2.09. The number of hydrogen-bond donors (Lipinski definition) is 2. The quantitative estimate of drug-likeness (QED) is 0.833. The topological polar surface area (TPSA) is 102 Å². The van der Waals surface area contributed by atoms with Gasteiger partial charge < -0.3 is 19.7 Å². The largest absolute Gasteiger partial charge is 0.478 e. The zero-order valence-electron chi connectivity index (χ0n) is 11.3. The molecule has 0 aliphatic heterocycles. The van der Waals surface area contributed by atoms with Crippen molar-refractivity contribution in [2.24, 2.45) is 0 Å². The van der Waals surface area contributed by atoms with Gasteiger partial charge in [-0.05, 0) is 29.8 Å². The summed E-state index contributed by atoms with van der Waals surface area (Å²) in [5.74, 6) is -0.504. The van der Waals surface area contributed by atoms with Crippen LogP contribution in [0.3, 0.4) is 0 Å². The van der Waals surface area contributed by atoms with Crippen LogP contribution in [0.1, 0.15) is 21.7 Å². The third kappa shape index (κ3) is 4.34. The minimum absolute atomic E-state index is 0.177. The van der Waals surface area contributed by atoms with E-state index >= 15 is 0 Å². The van der Waals surface area contributed by atoms with Crippen LogP contribution in [-0.4, -0.2) is 28.7 Å². The number of aromatic carboxylic acids is 1. The van der Waals surface area contributed by atoms with Crippen molar-refractivity contribution in [1.82, 2.24) is 10.5 Å². The van der Waals surface area contributed by atoms with Gasteiger partial charge in [0.25, 0.3) is 11.8 Å². The molecule has 7 heteroatoms. The molecule has 0 saturated carbocycles. The molecule has 0 bridgehead atoms. The zero-order chi connectivity index (χ0) is 15.2. The van der Waals surface area contributed by atoms with Crippen LogP contribution in [-0.2, 0) is 11.3 Å². The molecular weight excluding hydrogens is 276 g/mol. The lowest BCUT2D eigenvalue weighted by Crippen LogP contribution is -2.28. The molecule has 0 radical (unpaired) electrons. The molecule has 1 amide bonds. The number of carbonyl (C=O) groups is 2. The van der Waals surface area contributed by atoms with E-state index < -0.39 is 5.97 Å². The Morgan fingerprint density at radius 1 is 1.38 bits per heavy atom. The smallest absolute Gasteiger partial charge is 0.335 e. The summed E-state index contributed by atoms with van der Waals surface area (Å²) in [7, 11) is 0. The molecule has 1 aromatic carbocycles. The van der Waals surface area contributed by atoms with Crippen molar-refractivity contribution in [2.45, 2.75) is 13.5 Å². The predicted molar refractivity (Wildman–Crippen MR) is 72.0 cm³/mol. The number of hydrogen-bond acceptors (Lipinski definition) is 5. The highest BCUT2D eigenvalue weighted by Gasteiger charge is 2.07. The second-order valence-electron chi connectivity index (χ2n) is 4.35. The molecule has 0 saturated heterocycles. The molecule has 7 nitrogen and oxygen atoms in total. The number of aromatic nitrogens is 1. The number of amides is 1. The second-order valence-corrected chi connectivity index (χ2v) is 4.35. The van der Waals surface area contributed by atoms with Crippen LogP contribution in [0, 0.1) is 6.92 Å². The van der Waals surface area contributed by atoms with Crippen LogP contribution in [0.4, 0.5) is 0 Å². The summed E-state index contributed by atoms with van der Waals surface area (Å²) in [5.41, 5.74) is 0.872. The number of nitrogens with one attached hydrogen (secondary N) is 1. The molecule has 0 unspecified atom stereocenters. The Labute approximate surface area is 120 Å². The number of carboxylic acids is 1. The molecule has 110 valence electrons. The van der Waals surface area contributed by atoms with Crippen molar-refractivity contribution in [3.63, 3.8) is 0 Å². The van der Waals surface area contributed by atoms with E-state index in [1.54, 1.807) is 25.1 Å². The molecule has 2 N–H and O–H groups in total.